The summed E-state index contributed by atoms with van der Waals surface area (Å²) in [5, 5.41) is 2.47. The molecule has 3 heteroatoms. The second-order valence-electron chi connectivity index (χ2n) is 5.38. The van der Waals surface area contributed by atoms with Gasteiger partial charge in [-0.15, -0.1) is 6.58 Å². The Kier molecular flexibility index (Phi) is 13.5. The number of carbonyl (C=O) groups is 2. The molecule has 20 heavy (non-hydrogen) atoms. The number of carbonyl (C=O) groups excluding carboxylic acids is 2. The van der Waals surface area contributed by atoms with Gasteiger partial charge in [0.2, 0.25) is 11.8 Å². The highest BCUT2D eigenvalue weighted by Crippen LogP contribution is 2.08. The second-order valence-corrected chi connectivity index (χ2v) is 5.38. The number of rotatable bonds is 13. The van der Waals surface area contributed by atoms with Crippen LogP contribution in [-0.2, 0) is 9.59 Å². The first-order valence-corrected chi connectivity index (χ1v) is 8.14. The molecule has 0 aromatic rings. The Morgan fingerprint density at radius 2 is 1.35 bits per heavy atom. The summed E-state index contributed by atoms with van der Waals surface area (Å²) in [6.07, 6.45) is 13.9. The summed E-state index contributed by atoms with van der Waals surface area (Å²) >= 11 is 0. The summed E-state index contributed by atoms with van der Waals surface area (Å²) in [5.41, 5.74) is 0. The predicted octanol–water partition coefficient (Wildman–Crippen LogP) is 4.52. The third kappa shape index (κ3) is 13.3. The zero-order valence-electron chi connectivity index (χ0n) is 13.1. The number of hydrogen-bond acceptors (Lipinski definition) is 2. The van der Waals surface area contributed by atoms with E-state index in [9.17, 15) is 9.59 Å². The van der Waals surface area contributed by atoms with Crippen LogP contribution in [0.2, 0.25) is 0 Å². The van der Waals surface area contributed by atoms with Gasteiger partial charge < -0.3 is 0 Å². The van der Waals surface area contributed by atoms with Crippen LogP contribution in [0.15, 0.2) is 12.7 Å². The Morgan fingerprint density at radius 1 is 0.850 bits per heavy atom. The standard InChI is InChI=1S/C17H31NO2/c1-3-5-7-8-9-10-11-13-15-17(20)18-16(19)14-12-6-4-2/h3H,1,4-15H2,2H3,(H,18,19,20). The molecule has 0 aromatic heterocycles. The quantitative estimate of drug-likeness (QED) is 0.398. The molecular weight excluding hydrogens is 250 g/mol. The van der Waals surface area contributed by atoms with E-state index in [2.05, 4.69) is 18.8 Å². The molecule has 0 aliphatic heterocycles. The molecule has 0 fully saturated rings. The maximum atomic E-state index is 11.5. The van der Waals surface area contributed by atoms with E-state index in [1.165, 1.54) is 25.7 Å². The Labute approximate surface area is 124 Å². The van der Waals surface area contributed by atoms with Crippen LogP contribution in [-0.4, -0.2) is 11.8 Å². The molecule has 0 saturated carbocycles. The van der Waals surface area contributed by atoms with Crippen molar-refractivity contribution in [3.63, 3.8) is 0 Å². The van der Waals surface area contributed by atoms with Crippen molar-refractivity contribution in [3.05, 3.63) is 12.7 Å². The summed E-state index contributed by atoms with van der Waals surface area (Å²) in [5.74, 6) is -0.231. The van der Waals surface area contributed by atoms with Gasteiger partial charge in [-0.2, -0.15) is 0 Å². The first-order chi connectivity index (χ1) is 9.70. The highest BCUT2D eigenvalue weighted by molar-refractivity contribution is 5.95. The van der Waals surface area contributed by atoms with Crippen molar-refractivity contribution in [2.45, 2.75) is 84.0 Å². The van der Waals surface area contributed by atoms with Crippen LogP contribution >= 0.6 is 0 Å². The predicted molar refractivity (Wildman–Crippen MR) is 84.4 cm³/mol. The minimum Gasteiger partial charge on any atom is -0.296 e. The van der Waals surface area contributed by atoms with Gasteiger partial charge in [0.05, 0.1) is 0 Å². The smallest absolute Gasteiger partial charge is 0.226 e. The van der Waals surface area contributed by atoms with Gasteiger partial charge in [0.15, 0.2) is 0 Å². The molecule has 0 unspecified atom stereocenters. The highest BCUT2D eigenvalue weighted by atomic mass is 16.2. The lowest BCUT2D eigenvalue weighted by atomic mass is 10.1. The van der Waals surface area contributed by atoms with Crippen LogP contribution in [0.3, 0.4) is 0 Å². The molecule has 0 radical (unpaired) electrons. The molecule has 0 bridgehead atoms. The first kappa shape index (κ1) is 18.9. The second kappa shape index (κ2) is 14.3. The van der Waals surface area contributed by atoms with Gasteiger partial charge in [-0.1, -0.05) is 51.5 Å². The molecule has 2 amide bonds. The zero-order valence-corrected chi connectivity index (χ0v) is 13.1. The van der Waals surface area contributed by atoms with Crippen molar-refractivity contribution in [1.29, 1.82) is 0 Å². The van der Waals surface area contributed by atoms with Crippen LogP contribution in [0.25, 0.3) is 0 Å². The van der Waals surface area contributed by atoms with Crippen LogP contribution < -0.4 is 5.32 Å². The minimum atomic E-state index is -0.118. The molecule has 0 atom stereocenters. The molecule has 3 nitrogen and oxygen atoms in total. The SMILES string of the molecule is C=CCCCCCCCCC(=O)NC(=O)CCCCC. The molecular formula is C17H31NO2. The van der Waals surface area contributed by atoms with Crippen molar-refractivity contribution in [1.82, 2.24) is 5.32 Å². The first-order valence-electron chi connectivity index (χ1n) is 8.14. The topological polar surface area (TPSA) is 46.2 Å². The minimum absolute atomic E-state index is 0.113. The van der Waals surface area contributed by atoms with Crippen LogP contribution in [0.4, 0.5) is 0 Å². The van der Waals surface area contributed by atoms with Gasteiger partial charge >= 0.3 is 0 Å². The maximum absolute atomic E-state index is 11.5. The summed E-state index contributed by atoms with van der Waals surface area (Å²) in [7, 11) is 0. The zero-order chi connectivity index (χ0) is 15.1. The molecule has 0 aliphatic rings. The highest BCUT2D eigenvalue weighted by Gasteiger charge is 2.06. The molecule has 0 spiro atoms. The summed E-state index contributed by atoms with van der Waals surface area (Å²) in [6, 6.07) is 0. The van der Waals surface area contributed by atoms with Crippen LogP contribution in [0.1, 0.15) is 84.0 Å². The Bertz CT molecular complexity index is 274. The third-order valence-electron chi connectivity index (χ3n) is 3.35. The lowest BCUT2D eigenvalue weighted by Crippen LogP contribution is -2.29. The van der Waals surface area contributed by atoms with E-state index < -0.39 is 0 Å². The normalized spacial score (nSPS) is 10.2. The summed E-state index contributed by atoms with van der Waals surface area (Å²) < 4.78 is 0. The van der Waals surface area contributed by atoms with Crippen molar-refractivity contribution in [2.75, 3.05) is 0 Å². The number of hydrogen-bond donors (Lipinski definition) is 1. The molecule has 0 aliphatic carbocycles. The van der Waals surface area contributed by atoms with Crippen molar-refractivity contribution in [3.8, 4) is 0 Å². The van der Waals surface area contributed by atoms with E-state index in [0.29, 0.717) is 12.8 Å². The lowest BCUT2D eigenvalue weighted by Gasteiger charge is -2.04. The van der Waals surface area contributed by atoms with Crippen LogP contribution in [0, 0.1) is 0 Å². The molecule has 0 heterocycles. The maximum Gasteiger partial charge on any atom is 0.226 e. The Balaban J connectivity index is 3.35. The number of amides is 2. The number of unbranched alkanes of at least 4 members (excludes halogenated alkanes) is 8. The fraction of sp³-hybridized carbons (Fsp3) is 0.765. The summed E-state index contributed by atoms with van der Waals surface area (Å²) in [4.78, 5) is 22.9. The lowest BCUT2D eigenvalue weighted by molar-refractivity contribution is -0.130. The van der Waals surface area contributed by atoms with Crippen molar-refractivity contribution < 1.29 is 9.59 Å². The molecule has 0 aromatic carbocycles. The van der Waals surface area contributed by atoms with E-state index >= 15 is 0 Å². The van der Waals surface area contributed by atoms with Gasteiger partial charge in [-0.25, -0.2) is 0 Å². The molecule has 1 N–H and O–H groups in total. The largest absolute Gasteiger partial charge is 0.296 e. The molecule has 116 valence electrons. The van der Waals surface area contributed by atoms with Crippen LogP contribution in [0.5, 0.6) is 0 Å². The van der Waals surface area contributed by atoms with E-state index in [1.54, 1.807) is 0 Å². The van der Waals surface area contributed by atoms with Gasteiger partial charge in [0.25, 0.3) is 0 Å². The molecule has 0 rings (SSSR count). The number of nitrogens with one attached hydrogen (secondary N) is 1. The average molecular weight is 281 g/mol. The van der Waals surface area contributed by atoms with Gasteiger partial charge in [-0.05, 0) is 25.7 Å². The van der Waals surface area contributed by atoms with Crippen molar-refractivity contribution in [2.24, 2.45) is 0 Å². The molecule has 0 saturated heterocycles. The van der Waals surface area contributed by atoms with Crippen molar-refractivity contribution >= 4 is 11.8 Å². The van der Waals surface area contributed by atoms with E-state index in [0.717, 1.165) is 38.5 Å². The van der Waals surface area contributed by atoms with E-state index in [1.807, 2.05) is 6.08 Å². The van der Waals surface area contributed by atoms with Gasteiger partial charge in [0.1, 0.15) is 0 Å². The number of allylic oxidation sites excluding steroid dienone is 1. The fourth-order valence-electron chi connectivity index (χ4n) is 2.10. The third-order valence-corrected chi connectivity index (χ3v) is 3.35. The van der Waals surface area contributed by atoms with E-state index in [-0.39, 0.29) is 11.8 Å². The Hall–Kier alpha value is -1.12. The monoisotopic (exact) mass is 281 g/mol. The fourth-order valence-corrected chi connectivity index (χ4v) is 2.10. The van der Waals surface area contributed by atoms with Gasteiger partial charge in [-0.3, -0.25) is 14.9 Å². The van der Waals surface area contributed by atoms with E-state index in [4.69, 9.17) is 0 Å². The number of imide groups is 1. The average Bonchev–Trinajstić information content (AvgIpc) is 2.42. The summed E-state index contributed by atoms with van der Waals surface area (Å²) in [6.45, 7) is 5.80. The van der Waals surface area contributed by atoms with Gasteiger partial charge in [0, 0.05) is 12.8 Å². The Morgan fingerprint density at radius 3 is 1.90 bits per heavy atom.